The number of rotatable bonds is 3. The Morgan fingerprint density at radius 2 is 1.62 bits per heavy atom. The molecule has 0 spiro atoms. The van der Waals surface area contributed by atoms with E-state index in [1.807, 2.05) is 0 Å². The minimum Gasteiger partial charge on any atom is -0.503 e. The SMILES string of the molecule is CC1=NN(c2cc(F)c(O)c(F)c2)C(=O)/C1=C\c1ccc(-c2cc(C)c(C)cc2C(F)(F)F)o1. The third-order valence-corrected chi connectivity index (χ3v) is 5.43. The first-order chi connectivity index (χ1) is 15.9. The second kappa shape index (κ2) is 8.12. The van der Waals surface area contributed by atoms with E-state index >= 15 is 0 Å². The van der Waals surface area contributed by atoms with E-state index in [1.54, 1.807) is 13.8 Å². The van der Waals surface area contributed by atoms with Crippen LogP contribution in [-0.4, -0.2) is 16.7 Å². The van der Waals surface area contributed by atoms with Crippen molar-refractivity contribution in [3.05, 3.63) is 76.1 Å². The topological polar surface area (TPSA) is 66.0 Å². The van der Waals surface area contributed by atoms with Crippen LogP contribution < -0.4 is 5.01 Å². The molecule has 3 aromatic rings. The van der Waals surface area contributed by atoms with Crippen molar-refractivity contribution in [1.82, 2.24) is 0 Å². The van der Waals surface area contributed by atoms with Crippen molar-refractivity contribution in [3.63, 3.8) is 0 Å². The van der Waals surface area contributed by atoms with Gasteiger partial charge in [-0.1, -0.05) is 0 Å². The maximum absolute atomic E-state index is 13.7. The van der Waals surface area contributed by atoms with E-state index in [1.165, 1.54) is 31.2 Å². The third-order valence-electron chi connectivity index (χ3n) is 5.43. The number of halogens is 5. The van der Waals surface area contributed by atoms with Crippen LogP contribution in [0.2, 0.25) is 0 Å². The fraction of sp³-hybridized carbons (Fsp3) is 0.167. The van der Waals surface area contributed by atoms with Crippen molar-refractivity contribution in [2.24, 2.45) is 5.10 Å². The van der Waals surface area contributed by atoms with Gasteiger partial charge in [0.05, 0.1) is 22.5 Å². The summed E-state index contributed by atoms with van der Waals surface area (Å²) >= 11 is 0. The van der Waals surface area contributed by atoms with Crippen LogP contribution in [0.1, 0.15) is 29.4 Å². The fourth-order valence-electron chi connectivity index (χ4n) is 3.51. The molecule has 1 aliphatic heterocycles. The number of aryl methyl sites for hydroxylation is 2. The minimum absolute atomic E-state index is 0.0194. The van der Waals surface area contributed by atoms with Gasteiger partial charge < -0.3 is 9.52 Å². The average Bonchev–Trinajstić information content (AvgIpc) is 3.32. The van der Waals surface area contributed by atoms with Gasteiger partial charge in [0.2, 0.25) is 0 Å². The monoisotopic (exact) mass is 476 g/mol. The number of carbonyl (C=O) groups excluding carboxylic acids is 1. The van der Waals surface area contributed by atoms with E-state index in [0.717, 1.165) is 23.2 Å². The van der Waals surface area contributed by atoms with E-state index in [9.17, 15) is 31.9 Å². The Morgan fingerprint density at radius 1 is 1.00 bits per heavy atom. The predicted octanol–water partition coefficient (Wildman–Crippen LogP) is 6.37. The summed E-state index contributed by atoms with van der Waals surface area (Å²) in [6.07, 6.45) is -3.31. The summed E-state index contributed by atoms with van der Waals surface area (Å²) in [4.78, 5) is 12.8. The number of hydrogen-bond donors (Lipinski definition) is 1. The van der Waals surface area contributed by atoms with Crippen molar-refractivity contribution in [3.8, 4) is 17.1 Å². The molecule has 5 nitrogen and oxygen atoms in total. The van der Waals surface area contributed by atoms with Gasteiger partial charge in [-0.15, -0.1) is 0 Å². The Bertz CT molecular complexity index is 1360. The molecule has 0 radical (unpaired) electrons. The molecule has 1 aliphatic rings. The number of amides is 1. The number of phenolic OH excluding ortho intramolecular Hbond substituents is 1. The Balaban J connectivity index is 1.70. The van der Waals surface area contributed by atoms with Gasteiger partial charge >= 0.3 is 6.18 Å². The van der Waals surface area contributed by atoms with E-state index in [2.05, 4.69) is 5.10 Å². The molecule has 34 heavy (non-hydrogen) atoms. The average molecular weight is 476 g/mol. The van der Waals surface area contributed by atoms with Crippen LogP contribution in [0.15, 0.2) is 51.5 Å². The molecule has 4 rings (SSSR count). The number of hydrazone groups is 1. The lowest BCUT2D eigenvalue weighted by molar-refractivity contribution is -0.137. The summed E-state index contributed by atoms with van der Waals surface area (Å²) in [5.74, 6) is -4.40. The van der Waals surface area contributed by atoms with Gasteiger partial charge in [-0.3, -0.25) is 4.79 Å². The molecule has 1 amide bonds. The molecule has 176 valence electrons. The highest BCUT2D eigenvalue weighted by Gasteiger charge is 2.35. The number of nitrogens with zero attached hydrogens (tertiary/aromatic N) is 2. The van der Waals surface area contributed by atoms with Crippen LogP contribution >= 0.6 is 0 Å². The zero-order chi connectivity index (χ0) is 24.9. The van der Waals surface area contributed by atoms with E-state index in [-0.39, 0.29) is 34.1 Å². The Kier molecular flexibility index (Phi) is 5.55. The highest BCUT2D eigenvalue weighted by Crippen LogP contribution is 2.39. The molecule has 2 heterocycles. The maximum atomic E-state index is 13.7. The van der Waals surface area contributed by atoms with Crippen molar-refractivity contribution in [2.75, 3.05) is 5.01 Å². The first kappa shape index (κ1) is 23.2. The molecule has 0 fully saturated rings. The standard InChI is InChI=1S/C24H17F5N2O3/c1-11-6-17(18(7-12(11)2)24(27,28)29)21-5-4-15(34-21)10-16-13(3)30-31(23(16)33)14-8-19(25)22(32)20(26)9-14/h4-10,32H,1-3H3/b16-10-. The lowest BCUT2D eigenvalue weighted by atomic mass is 9.98. The molecule has 1 N–H and O–H groups in total. The van der Waals surface area contributed by atoms with Crippen molar-refractivity contribution < 1.29 is 36.3 Å². The quantitative estimate of drug-likeness (QED) is 0.353. The second-order valence-electron chi connectivity index (χ2n) is 7.80. The van der Waals surface area contributed by atoms with Gasteiger partial charge in [-0.05, 0) is 62.2 Å². The molecule has 0 unspecified atom stereocenters. The van der Waals surface area contributed by atoms with Crippen LogP contribution in [0.4, 0.5) is 27.6 Å². The van der Waals surface area contributed by atoms with E-state index in [0.29, 0.717) is 11.1 Å². The molecule has 10 heteroatoms. The van der Waals surface area contributed by atoms with Gasteiger partial charge in [0.15, 0.2) is 17.4 Å². The number of aromatic hydroxyl groups is 1. The zero-order valence-corrected chi connectivity index (χ0v) is 18.1. The molecule has 2 aromatic carbocycles. The molecule has 1 aromatic heterocycles. The number of furan rings is 1. The molecule has 0 atom stereocenters. The highest BCUT2D eigenvalue weighted by molar-refractivity contribution is 6.32. The summed E-state index contributed by atoms with van der Waals surface area (Å²) in [5.41, 5.74) is 0.116. The Hall–Kier alpha value is -3.95. The van der Waals surface area contributed by atoms with Gasteiger partial charge in [0.25, 0.3) is 5.91 Å². The van der Waals surface area contributed by atoms with Crippen molar-refractivity contribution in [2.45, 2.75) is 26.9 Å². The Morgan fingerprint density at radius 3 is 2.24 bits per heavy atom. The number of hydrogen-bond acceptors (Lipinski definition) is 4. The van der Waals surface area contributed by atoms with Gasteiger partial charge in [0, 0.05) is 17.7 Å². The number of benzene rings is 2. The number of carbonyl (C=O) groups is 1. The number of phenols is 1. The molecular weight excluding hydrogens is 459 g/mol. The molecule has 0 bridgehead atoms. The highest BCUT2D eigenvalue weighted by atomic mass is 19.4. The minimum atomic E-state index is -4.60. The second-order valence-corrected chi connectivity index (χ2v) is 7.80. The molecular formula is C24H17F5N2O3. The molecule has 0 saturated heterocycles. The van der Waals surface area contributed by atoms with Crippen LogP contribution in [0, 0.1) is 25.5 Å². The first-order valence-electron chi connectivity index (χ1n) is 9.95. The van der Waals surface area contributed by atoms with Crippen LogP contribution in [0.25, 0.3) is 17.4 Å². The maximum Gasteiger partial charge on any atom is 0.417 e. The summed E-state index contributed by atoms with van der Waals surface area (Å²) in [7, 11) is 0. The zero-order valence-electron chi connectivity index (χ0n) is 18.1. The molecule has 0 saturated carbocycles. The summed E-state index contributed by atoms with van der Waals surface area (Å²) in [5, 5.41) is 14.0. The number of anilines is 1. The van der Waals surface area contributed by atoms with Crippen LogP contribution in [0.3, 0.4) is 0 Å². The predicted molar refractivity (Wildman–Crippen MR) is 115 cm³/mol. The summed E-state index contributed by atoms with van der Waals surface area (Å²) < 4.78 is 73.8. The summed E-state index contributed by atoms with van der Waals surface area (Å²) in [6, 6.07) is 6.70. The third kappa shape index (κ3) is 4.07. The van der Waals surface area contributed by atoms with Gasteiger partial charge in [-0.2, -0.15) is 23.3 Å². The Labute approximate surface area is 190 Å². The van der Waals surface area contributed by atoms with Gasteiger partial charge in [-0.25, -0.2) is 8.78 Å². The lowest BCUT2D eigenvalue weighted by Crippen LogP contribution is -2.21. The number of alkyl halides is 3. The largest absolute Gasteiger partial charge is 0.503 e. The van der Waals surface area contributed by atoms with E-state index in [4.69, 9.17) is 4.42 Å². The normalized spacial score (nSPS) is 15.4. The van der Waals surface area contributed by atoms with Crippen molar-refractivity contribution in [1.29, 1.82) is 0 Å². The summed E-state index contributed by atoms with van der Waals surface area (Å²) in [6.45, 7) is 4.74. The molecule has 0 aliphatic carbocycles. The lowest BCUT2D eigenvalue weighted by Gasteiger charge is -2.14. The van der Waals surface area contributed by atoms with E-state index < -0.39 is 35.0 Å². The fourth-order valence-corrected chi connectivity index (χ4v) is 3.51. The van der Waals surface area contributed by atoms with Gasteiger partial charge in [0.1, 0.15) is 11.5 Å². The first-order valence-corrected chi connectivity index (χ1v) is 9.95. The van der Waals surface area contributed by atoms with Crippen LogP contribution in [-0.2, 0) is 11.0 Å². The smallest absolute Gasteiger partial charge is 0.417 e. The van der Waals surface area contributed by atoms with Crippen LogP contribution in [0.5, 0.6) is 5.75 Å². The van der Waals surface area contributed by atoms with Crippen molar-refractivity contribution >= 4 is 23.4 Å².